The molecule has 1 N–H and O–H groups in total. The summed E-state index contributed by atoms with van der Waals surface area (Å²) in [6.07, 6.45) is 3.23. The SMILES string of the molecule is CN1CCCNC(c2cnc3ccccc3c2)C1. The Morgan fingerprint density at radius 3 is 3.17 bits per heavy atom. The van der Waals surface area contributed by atoms with E-state index in [2.05, 4.69) is 46.5 Å². The molecule has 0 radical (unpaired) electrons. The topological polar surface area (TPSA) is 28.2 Å². The van der Waals surface area contributed by atoms with Crippen molar-refractivity contribution in [2.75, 3.05) is 26.7 Å². The van der Waals surface area contributed by atoms with Crippen LogP contribution in [0.25, 0.3) is 10.9 Å². The van der Waals surface area contributed by atoms with Gasteiger partial charge in [-0.1, -0.05) is 18.2 Å². The molecule has 1 aromatic carbocycles. The lowest BCUT2D eigenvalue weighted by Crippen LogP contribution is -2.28. The Kier molecular flexibility index (Phi) is 3.26. The van der Waals surface area contributed by atoms with Gasteiger partial charge in [0.25, 0.3) is 0 Å². The summed E-state index contributed by atoms with van der Waals surface area (Å²) in [5.41, 5.74) is 2.37. The zero-order valence-electron chi connectivity index (χ0n) is 10.8. The summed E-state index contributed by atoms with van der Waals surface area (Å²) in [7, 11) is 2.19. The minimum Gasteiger partial charge on any atom is -0.309 e. The third-order valence-electron chi connectivity index (χ3n) is 3.62. The fourth-order valence-corrected chi connectivity index (χ4v) is 2.59. The van der Waals surface area contributed by atoms with Crippen molar-refractivity contribution in [1.82, 2.24) is 15.2 Å². The molecule has 1 aromatic heterocycles. The predicted octanol–water partition coefficient (Wildman–Crippen LogP) is 2.20. The molecule has 18 heavy (non-hydrogen) atoms. The zero-order valence-corrected chi connectivity index (χ0v) is 10.8. The number of fused-ring (bicyclic) bond motifs is 1. The highest BCUT2D eigenvalue weighted by Gasteiger charge is 2.17. The first-order valence-corrected chi connectivity index (χ1v) is 6.59. The van der Waals surface area contributed by atoms with Crippen molar-refractivity contribution in [3.8, 4) is 0 Å². The molecule has 2 aromatic rings. The summed E-state index contributed by atoms with van der Waals surface area (Å²) >= 11 is 0. The second-order valence-corrected chi connectivity index (χ2v) is 5.08. The van der Waals surface area contributed by atoms with Crippen LogP contribution in [0.5, 0.6) is 0 Å². The maximum Gasteiger partial charge on any atom is 0.0702 e. The van der Waals surface area contributed by atoms with Gasteiger partial charge in [-0.25, -0.2) is 0 Å². The van der Waals surface area contributed by atoms with E-state index in [-0.39, 0.29) is 0 Å². The average molecular weight is 241 g/mol. The van der Waals surface area contributed by atoms with Crippen LogP contribution in [0.2, 0.25) is 0 Å². The molecule has 1 aliphatic heterocycles. The number of hydrogen-bond donors (Lipinski definition) is 1. The van der Waals surface area contributed by atoms with Gasteiger partial charge in [0.05, 0.1) is 5.52 Å². The first-order valence-electron chi connectivity index (χ1n) is 6.59. The van der Waals surface area contributed by atoms with Gasteiger partial charge in [0, 0.05) is 24.2 Å². The van der Waals surface area contributed by atoms with Crippen molar-refractivity contribution in [3.05, 3.63) is 42.1 Å². The number of benzene rings is 1. The summed E-state index contributed by atoms with van der Waals surface area (Å²) in [5.74, 6) is 0. The molecule has 94 valence electrons. The Bertz CT molecular complexity index is 538. The second kappa shape index (κ2) is 5.04. The molecule has 0 saturated carbocycles. The van der Waals surface area contributed by atoms with E-state index >= 15 is 0 Å². The zero-order chi connectivity index (χ0) is 12.4. The summed E-state index contributed by atoms with van der Waals surface area (Å²) in [6.45, 7) is 3.31. The summed E-state index contributed by atoms with van der Waals surface area (Å²) in [6, 6.07) is 11.0. The molecule has 1 saturated heterocycles. The number of aromatic nitrogens is 1. The van der Waals surface area contributed by atoms with E-state index < -0.39 is 0 Å². The molecular weight excluding hydrogens is 222 g/mol. The first kappa shape index (κ1) is 11.6. The molecule has 0 amide bonds. The van der Waals surface area contributed by atoms with Gasteiger partial charge in [-0.3, -0.25) is 4.98 Å². The predicted molar refractivity (Wildman–Crippen MR) is 74.6 cm³/mol. The summed E-state index contributed by atoms with van der Waals surface area (Å²) < 4.78 is 0. The maximum absolute atomic E-state index is 4.55. The standard InChI is InChI=1S/C15H19N3/c1-18-8-4-7-16-15(11-18)13-9-12-5-2-3-6-14(12)17-10-13/h2-3,5-6,9-10,15-16H,4,7-8,11H2,1H3. The molecule has 1 atom stereocenters. The van der Waals surface area contributed by atoms with Gasteiger partial charge in [0.15, 0.2) is 0 Å². The molecule has 1 aliphatic rings. The van der Waals surface area contributed by atoms with Gasteiger partial charge in [-0.15, -0.1) is 0 Å². The van der Waals surface area contributed by atoms with Crippen LogP contribution in [0, 0.1) is 0 Å². The minimum atomic E-state index is 0.398. The molecular formula is C15H19N3. The fourth-order valence-electron chi connectivity index (χ4n) is 2.59. The van der Waals surface area contributed by atoms with Crippen molar-refractivity contribution in [2.45, 2.75) is 12.5 Å². The van der Waals surface area contributed by atoms with E-state index in [0.29, 0.717) is 6.04 Å². The van der Waals surface area contributed by atoms with E-state index in [1.54, 1.807) is 0 Å². The van der Waals surface area contributed by atoms with Crippen LogP contribution in [-0.4, -0.2) is 36.6 Å². The van der Waals surface area contributed by atoms with Crippen LogP contribution in [-0.2, 0) is 0 Å². The molecule has 2 heterocycles. The number of hydrogen-bond acceptors (Lipinski definition) is 3. The van der Waals surface area contributed by atoms with E-state index in [4.69, 9.17) is 0 Å². The van der Waals surface area contributed by atoms with E-state index in [1.165, 1.54) is 23.9 Å². The smallest absolute Gasteiger partial charge is 0.0702 e. The number of likely N-dealkylation sites (N-methyl/N-ethyl adjacent to an activating group) is 1. The minimum absolute atomic E-state index is 0.398. The summed E-state index contributed by atoms with van der Waals surface area (Å²) in [4.78, 5) is 6.94. The molecule has 3 heteroatoms. The summed E-state index contributed by atoms with van der Waals surface area (Å²) in [5, 5.41) is 4.84. The molecule has 3 nitrogen and oxygen atoms in total. The van der Waals surface area contributed by atoms with E-state index in [1.807, 2.05) is 12.3 Å². The quantitative estimate of drug-likeness (QED) is 0.829. The van der Waals surface area contributed by atoms with Crippen LogP contribution < -0.4 is 5.32 Å². The Morgan fingerprint density at radius 2 is 2.22 bits per heavy atom. The van der Waals surface area contributed by atoms with Crippen molar-refractivity contribution in [1.29, 1.82) is 0 Å². The molecule has 0 aliphatic carbocycles. The van der Waals surface area contributed by atoms with Crippen LogP contribution in [0.4, 0.5) is 0 Å². The lowest BCUT2D eigenvalue weighted by Gasteiger charge is -2.20. The molecule has 3 rings (SSSR count). The third-order valence-corrected chi connectivity index (χ3v) is 3.62. The monoisotopic (exact) mass is 241 g/mol. The molecule has 0 spiro atoms. The number of pyridine rings is 1. The Balaban J connectivity index is 1.92. The van der Waals surface area contributed by atoms with E-state index in [0.717, 1.165) is 18.6 Å². The first-order chi connectivity index (χ1) is 8.83. The van der Waals surface area contributed by atoms with Gasteiger partial charge >= 0.3 is 0 Å². The number of rotatable bonds is 1. The lowest BCUT2D eigenvalue weighted by atomic mass is 10.1. The maximum atomic E-state index is 4.55. The van der Waals surface area contributed by atoms with Crippen molar-refractivity contribution in [2.24, 2.45) is 0 Å². The normalized spacial score (nSPS) is 21.9. The van der Waals surface area contributed by atoms with Crippen molar-refractivity contribution < 1.29 is 0 Å². The Morgan fingerprint density at radius 1 is 1.33 bits per heavy atom. The highest BCUT2D eigenvalue weighted by Crippen LogP contribution is 2.20. The number of nitrogens with one attached hydrogen (secondary N) is 1. The Labute approximate surface area is 108 Å². The van der Waals surface area contributed by atoms with Crippen LogP contribution in [0.1, 0.15) is 18.0 Å². The number of nitrogens with zero attached hydrogens (tertiary/aromatic N) is 2. The highest BCUT2D eigenvalue weighted by molar-refractivity contribution is 5.78. The van der Waals surface area contributed by atoms with Crippen molar-refractivity contribution in [3.63, 3.8) is 0 Å². The molecule has 1 fully saturated rings. The fraction of sp³-hybridized carbons (Fsp3) is 0.400. The van der Waals surface area contributed by atoms with Crippen LogP contribution >= 0.6 is 0 Å². The van der Waals surface area contributed by atoms with Crippen LogP contribution in [0.3, 0.4) is 0 Å². The number of para-hydroxylation sites is 1. The van der Waals surface area contributed by atoms with Gasteiger partial charge in [-0.05, 0) is 44.3 Å². The third kappa shape index (κ3) is 2.37. The van der Waals surface area contributed by atoms with Gasteiger partial charge in [0.1, 0.15) is 0 Å². The largest absolute Gasteiger partial charge is 0.309 e. The second-order valence-electron chi connectivity index (χ2n) is 5.08. The van der Waals surface area contributed by atoms with Crippen LogP contribution in [0.15, 0.2) is 36.5 Å². The molecule has 0 bridgehead atoms. The van der Waals surface area contributed by atoms with E-state index in [9.17, 15) is 0 Å². The highest BCUT2D eigenvalue weighted by atomic mass is 15.1. The Hall–Kier alpha value is -1.45. The van der Waals surface area contributed by atoms with Gasteiger partial charge in [-0.2, -0.15) is 0 Å². The van der Waals surface area contributed by atoms with Crippen molar-refractivity contribution >= 4 is 10.9 Å². The van der Waals surface area contributed by atoms with Gasteiger partial charge < -0.3 is 10.2 Å². The molecule has 1 unspecified atom stereocenters. The average Bonchev–Trinajstić information content (AvgIpc) is 2.63. The lowest BCUT2D eigenvalue weighted by molar-refractivity contribution is 0.326. The van der Waals surface area contributed by atoms with Gasteiger partial charge in [0.2, 0.25) is 0 Å².